The van der Waals surface area contributed by atoms with Gasteiger partial charge in [-0.15, -0.1) is 0 Å². The van der Waals surface area contributed by atoms with Gasteiger partial charge in [0.05, 0.1) is 5.41 Å². The lowest BCUT2D eigenvalue weighted by atomic mass is 9.70. The summed E-state index contributed by atoms with van der Waals surface area (Å²) < 4.78 is 37.5. The van der Waals surface area contributed by atoms with E-state index in [4.69, 9.17) is 5.73 Å². The van der Waals surface area contributed by atoms with E-state index in [1.54, 1.807) is 6.92 Å². The zero-order chi connectivity index (χ0) is 14.7. The highest BCUT2D eigenvalue weighted by molar-refractivity contribution is 5.83. The molecule has 0 bridgehead atoms. The Balaban J connectivity index is 2.81. The molecule has 1 saturated carbocycles. The van der Waals surface area contributed by atoms with Crippen molar-refractivity contribution in [2.24, 2.45) is 17.1 Å². The summed E-state index contributed by atoms with van der Waals surface area (Å²) in [7, 11) is 0. The van der Waals surface area contributed by atoms with Gasteiger partial charge in [0.25, 0.3) is 0 Å². The second-order valence-corrected chi connectivity index (χ2v) is 5.60. The molecule has 0 radical (unpaired) electrons. The van der Waals surface area contributed by atoms with Crippen LogP contribution in [0.4, 0.5) is 13.2 Å². The quantitative estimate of drug-likeness (QED) is 0.860. The number of hydrogen-bond acceptors (Lipinski definition) is 2. The topological polar surface area (TPSA) is 46.3 Å². The fourth-order valence-corrected chi connectivity index (χ4v) is 2.70. The van der Waals surface area contributed by atoms with Crippen molar-refractivity contribution in [1.82, 2.24) is 4.90 Å². The van der Waals surface area contributed by atoms with Crippen molar-refractivity contribution >= 4 is 5.91 Å². The highest BCUT2D eigenvalue weighted by atomic mass is 19.4. The minimum Gasteiger partial charge on any atom is -0.333 e. The fourth-order valence-electron chi connectivity index (χ4n) is 2.70. The molecule has 6 heteroatoms. The molecule has 0 aromatic rings. The minimum absolute atomic E-state index is 0.0651. The molecule has 0 saturated heterocycles. The van der Waals surface area contributed by atoms with E-state index in [9.17, 15) is 18.0 Å². The molecule has 1 fully saturated rings. The van der Waals surface area contributed by atoms with Crippen LogP contribution in [0, 0.1) is 11.3 Å². The first kappa shape index (κ1) is 16.3. The van der Waals surface area contributed by atoms with Crippen molar-refractivity contribution < 1.29 is 18.0 Å². The Labute approximate surface area is 112 Å². The number of carbonyl (C=O) groups is 1. The van der Waals surface area contributed by atoms with E-state index in [-0.39, 0.29) is 13.1 Å². The molecule has 0 aromatic carbocycles. The van der Waals surface area contributed by atoms with Gasteiger partial charge >= 0.3 is 6.18 Å². The summed E-state index contributed by atoms with van der Waals surface area (Å²) in [6.45, 7) is 2.68. The Bertz CT molecular complexity index is 310. The molecular formula is C13H23F3N2O. The molecule has 19 heavy (non-hydrogen) atoms. The van der Waals surface area contributed by atoms with Crippen LogP contribution in [-0.4, -0.2) is 36.6 Å². The highest BCUT2D eigenvalue weighted by Gasteiger charge is 2.44. The van der Waals surface area contributed by atoms with Gasteiger partial charge in [-0.3, -0.25) is 4.79 Å². The van der Waals surface area contributed by atoms with E-state index < -0.39 is 24.0 Å². The van der Waals surface area contributed by atoms with Crippen LogP contribution < -0.4 is 5.73 Å². The first-order chi connectivity index (χ1) is 8.74. The predicted octanol–water partition coefficient (Wildman–Crippen LogP) is 2.55. The molecule has 0 unspecified atom stereocenters. The summed E-state index contributed by atoms with van der Waals surface area (Å²) in [4.78, 5) is 13.3. The Morgan fingerprint density at radius 2 is 1.89 bits per heavy atom. The van der Waals surface area contributed by atoms with E-state index in [1.165, 1.54) is 0 Å². The van der Waals surface area contributed by atoms with Gasteiger partial charge < -0.3 is 10.6 Å². The van der Waals surface area contributed by atoms with Crippen molar-refractivity contribution in [2.45, 2.75) is 45.7 Å². The summed E-state index contributed by atoms with van der Waals surface area (Å²) >= 11 is 0. The number of amides is 1. The maximum absolute atomic E-state index is 12.5. The SMILES string of the molecule is CCN(CC(F)(F)F)C(=O)C1(CN)CCC(C)CC1. The zero-order valence-electron chi connectivity index (χ0n) is 11.6. The van der Waals surface area contributed by atoms with E-state index in [0.717, 1.165) is 17.7 Å². The second kappa shape index (κ2) is 6.11. The molecule has 3 nitrogen and oxygen atoms in total. The molecule has 112 valence electrons. The second-order valence-electron chi connectivity index (χ2n) is 5.60. The first-order valence-corrected chi connectivity index (χ1v) is 6.80. The first-order valence-electron chi connectivity index (χ1n) is 6.80. The monoisotopic (exact) mass is 280 g/mol. The average Bonchev–Trinajstić information content (AvgIpc) is 2.35. The maximum atomic E-state index is 12.5. The molecule has 0 aliphatic heterocycles. The van der Waals surface area contributed by atoms with Gasteiger partial charge in [0.1, 0.15) is 6.54 Å². The van der Waals surface area contributed by atoms with E-state index in [2.05, 4.69) is 6.92 Å². The molecule has 1 rings (SSSR count). The minimum atomic E-state index is -4.36. The Morgan fingerprint density at radius 1 is 1.37 bits per heavy atom. The summed E-state index contributed by atoms with van der Waals surface area (Å²) in [5.41, 5.74) is 4.93. The number of halogens is 3. The third-order valence-corrected chi connectivity index (χ3v) is 4.11. The van der Waals surface area contributed by atoms with Gasteiger partial charge in [0.2, 0.25) is 5.91 Å². The molecule has 1 aliphatic carbocycles. The van der Waals surface area contributed by atoms with E-state index in [0.29, 0.717) is 18.8 Å². The van der Waals surface area contributed by atoms with Crippen LogP contribution in [0.15, 0.2) is 0 Å². The van der Waals surface area contributed by atoms with Crippen LogP contribution >= 0.6 is 0 Å². The van der Waals surface area contributed by atoms with Crippen LogP contribution in [0.1, 0.15) is 39.5 Å². The van der Waals surface area contributed by atoms with Crippen molar-refractivity contribution in [1.29, 1.82) is 0 Å². The normalized spacial score (nSPS) is 28.2. The third-order valence-electron chi connectivity index (χ3n) is 4.11. The molecule has 0 heterocycles. The number of hydrogen-bond donors (Lipinski definition) is 1. The van der Waals surface area contributed by atoms with Gasteiger partial charge in [0.15, 0.2) is 0 Å². The van der Waals surface area contributed by atoms with Gasteiger partial charge in [-0.1, -0.05) is 6.92 Å². The standard InChI is InChI=1S/C13H23F3N2O/c1-3-18(9-13(14,15)16)11(19)12(8-17)6-4-10(2)5-7-12/h10H,3-9,17H2,1-2H3. The Kier molecular flexibility index (Phi) is 5.24. The Morgan fingerprint density at radius 3 is 2.26 bits per heavy atom. The lowest BCUT2D eigenvalue weighted by Crippen LogP contribution is -2.51. The number of nitrogens with two attached hydrogens (primary N) is 1. The van der Waals surface area contributed by atoms with E-state index in [1.807, 2.05) is 0 Å². The molecule has 0 atom stereocenters. The van der Waals surface area contributed by atoms with Gasteiger partial charge in [-0.2, -0.15) is 13.2 Å². The number of alkyl halides is 3. The summed E-state index contributed by atoms with van der Waals surface area (Å²) in [6.07, 6.45) is -1.46. The molecule has 2 N–H and O–H groups in total. The smallest absolute Gasteiger partial charge is 0.333 e. The molecular weight excluding hydrogens is 257 g/mol. The summed E-state index contributed by atoms with van der Waals surface area (Å²) in [6, 6.07) is 0. The summed E-state index contributed by atoms with van der Waals surface area (Å²) in [5.74, 6) is 0.0897. The molecule has 1 aliphatic rings. The maximum Gasteiger partial charge on any atom is 0.406 e. The number of rotatable bonds is 4. The highest BCUT2D eigenvalue weighted by Crippen LogP contribution is 2.40. The van der Waals surface area contributed by atoms with Crippen molar-refractivity contribution in [3.63, 3.8) is 0 Å². The molecule has 0 spiro atoms. The Hall–Kier alpha value is -0.780. The van der Waals surface area contributed by atoms with Gasteiger partial charge in [-0.05, 0) is 38.5 Å². The average molecular weight is 280 g/mol. The predicted molar refractivity (Wildman–Crippen MR) is 67.4 cm³/mol. The van der Waals surface area contributed by atoms with Crippen molar-refractivity contribution in [3.8, 4) is 0 Å². The van der Waals surface area contributed by atoms with Gasteiger partial charge in [-0.25, -0.2) is 0 Å². The van der Waals surface area contributed by atoms with Crippen molar-refractivity contribution in [3.05, 3.63) is 0 Å². The molecule has 1 amide bonds. The van der Waals surface area contributed by atoms with Crippen molar-refractivity contribution in [2.75, 3.05) is 19.6 Å². The van der Waals surface area contributed by atoms with Gasteiger partial charge in [0, 0.05) is 13.1 Å². The molecule has 0 aromatic heterocycles. The largest absolute Gasteiger partial charge is 0.406 e. The third kappa shape index (κ3) is 4.09. The number of carbonyl (C=O) groups excluding carboxylic acids is 1. The van der Waals surface area contributed by atoms with Crippen LogP contribution in [0.25, 0.3) is 0 Å². The fraction of sp³-hybridized carbons (Fsp3) is 0.923. The lowest BCUT2D eigenvalue weighted by molar-refractivity contribution is -0.168. The lowest BCUT2D eigenvalue weighted by Gasteiger charge is -2.40. The zero-order valence-corrected chi connectivity index (χ0v) is 11.6. The van der Waals surface area contributed by atoms with E-state index >= 15 is 0 Å². The van der Waals surface area contributed by atoms with Crippen LogP contribution in [-0.2, 0) is 4.79 Å². The van der Waals surface area contributed by atoms with Crippen LogP contribution in [0.3, 0.4) is 0 Å². The van der Waals surface area contributed by atoms with Crippen LogP contribution in [0.2, 0.25) is 0 Å². The number of nitrogens with zero attached hydrogens (tertiary/aromatic N) is 1. The van der Waals surface area contributed by atoms with Crippen LogP contribution in [0.5, 0.6) is 0 Å². The summed E-state index contributed by atoms with van der Waals surface area (Å²) in [5, 5.41) is 0.